The molecule has 1 aliphatic heterocycles. The molecule has 0 spiro atoms. The monoisotopic (exact) mass is 515 g/mol. The molecule has 1 saturated carbocycles. The lowest BCUT2D eigenvalue weighted by molar-refractivity contribution is 0.248. The van der Waals surface area contributed by atoms with E-state index >= 15 is 4.39 Å². The second-order valence-electron chi connectivity index (χ2n) is 10.1. The molecule has 1 aromatic heterocycles. The van der Waals surface area contributed by atoms with Crippen molar-refractivity contribution in [1.82, 2.24) is 19.9 Å². The fourth-order valence-corrected chi connectivity index (χ4v) is 5.50. The van der Waals surface area contributed by atoms with Gasteiger partial charge in [-0.15, -0.1) is 5.10 Å². The fourth-order valence-electron chi connectivity index (χ4n) is 4.51. The molecule has 2 heterocycles. The Balaban J connectivity index is 1.36. The third-order valence-corrected chi connectivity index (χ3v) is 9.19. The minimum absolute atomic E-state index is 0.0972. The maximum atomic E-state index is 15.2. The highest BCUT2D eigenvalue weighted by Gasteiger charge is 2.27. The van der Waals surface area contributed by atoms with Gasteiger partial charge in [-0.25, -0.2) is 21.9 Å². The molecule has 3 aromatic rings. The van der Waals surface area contributed by atoms with E-state index in [1.54, 1.807) is 0 Å². The van der Waals surface area contributed by atoms with Crippen molar-refractivity contribution in [3.8, 4) is 16.9 Å². The third-order valence-electron chi connectivity index (χ3n) is 7.04. The highest BCUT2D eigenvalue weighted by molar-refractivity contribution is 7.91. The lowest BCUT2D eigenvalue weighted by Gasteiger charge is -2.36. The predicted octanol–water partition coefficient (Wildman–Crippen LogP) is 4.07. The van der Waals surface area contributed by atoms with Crippen molar-refractivity contribution in [3.63, 3.8) is 0 Å². The molecule has 2 fully saturated rings. The number of aromatic nitrogens is 3. The molecular weight excluding hydrogens is 484 g/mol. The second kappa shape index (κ2) is 9.89. The van der Waals surface area contributed by atoms with Gasteiger partial charge in [0.15, 0.2) is 21.5 Å². The summed E-state index contributed by atoms with van der Waals surface area (Å²) < 4.78 is 55.5. The van der Waals surface area contributed by atoms with Crippen LogP contribution in [0.5, 0.6) is 0 Å². The van der Waals surface area contributed by atoms with E-state index in [1.807, 2.05) is 18.2 Å². The van der Waals surface area contributed by atoms with Crippen LogP contribution in [0, 0.1) is 17.6 Å². The van der Waals surface area contributed by atoms with Gasteiger partial charge in [-0.05, 0) is 50.8 Å². The number of nitrogens with zero attached hydrogens (tertiary/aromatic N) is 5. The minimum Gasteiger partial charge on any atom is -0.369 e. The first-order chi connectivity index (χ1) is 17.2. The lowest BCUT2D eigenvalue weighted by Crippen LogP contribution is -2.47. The predicted molar refractivity (Wildman–Crippen MR) is 136 cm³/mol. The molecular formula is C26H31F2N5O2S. The first-order valence-electron chi connectivity index (χ1n) is 12.4. The lowest BCUT2D eigenvalue weighted by atomic mass is 10.1. The van der Waals surface area contributed by atoms with E-state index in [0.717, 1.165) is 54.1 Å². The molecule has 1 saturated heterocycles. The molecule has 0 bridgehead atoms. The molecule has 7 nitrogen and oxygen atoms in total. The van der Waals surface area contributed by atoms with Gasteiger partial charge in [0.2, 0.25) is 0 Å². The van der Waals surface area contributed by atoms with Crippen LogP contribution in [-0.4, -0.2) is 66.3 Å². The van der Waals surface area contributed by atoms with E-state index in [4.69, 9.17) is 0 Å². The number of halogens is 2. The Hall–Kier alpha value is -2.85. The Labute approximate surface area is 210 Å². The highest BCUT2D eigenvalue weighted by Crippen LogP contribution is 2.31. The number of sulfone groups is 1. The van der Waals surface area contributed by atoms with Crippen LogP contribution >= 0.6 is 0 Å². The van der Waals surface area contributed by atoms with Gasteiger partial charge in [-0.1, -0.05) is 23.4 Å². The maximum Gasteiger partial charge on any atom is 0.156 e. The summed E-state index contributed by atoms with van der Waals surface area (Å²) in [6.45, 7) is 8.25. The number of hydrogen-bond donors (Lipinski definition) is 0. The molecule has 2 aromatic carbocycles. The number of hydrogen-bond acceptors (Lipinski definition) is 6. The molecule has 0 radical (unpaired) electrons. The van der Waals surface area contributed by atoms with Gasteiger partial charge in [-0.2, -0.15) is 0 Å². The molecule has 5 rings (SSSR count). The summed E-state index contributed by atoms with van der Waals surface area (Å²) in [5, 5.41) is 7.44. The van der Waals surface area contributed by atoms with Crippen molar-refractivity contribution in [2.45, 2.75) is 37.7 Å². The van der Waals surface area contributed by atoms with E-state index in [1.165, 1.54) is 45.5 Å². The Morgan fingerprint density at radius 3 is 2.50 bits per heavy atom. The molecule has 0 unspecified atom stereocenters. The van der Waals surface area contributed by atoms with Crippen LogP contribution in [-0.2, 0) is 15.6 Å². The smallest absolute Gasteiger partial charge is 0.156 e. The van der Waals surface area contributed by atoms with Crippen LogP contribution in [0.4, 0.5) is 14.5 Å². The molecule has 1 aliphatic carbocycles. The second-order valence-corrected chi connectivity index (χ2v) is 12.6. The summed E-state index contributed by atoms with van der Waals surface area (Å²) in [5.74, 6) is -1.42. The van der Waals surface area contributed by atoms with Gasteiger partial charge in [0.05, 0.1) is 17.2 Å². The molecule has 192 valence electrons. The Morgan fingerprint density at radius 1 is 1.06 bits per heavy atom. The van der Waals surface area contributed by atoms with E-state index in [2.05, 4.69) is 26.2 Å². The number of anilines is 1. The summed E-state index contributed by atoms with van der Waals surface area (Å²) >= 11 is 0. The van der Waals surface area contributed by atoms with Crippen LogP contribution in [0.3, 0.4) is 0 Å². The van der Waals surface area contributed by atoms with Crippen LogP contribution in [0.15, 0.2) is 42.6 Å². The average Bonchev–Trinajstić information content (AvgIpc) is 3.54. The Morgan fingerprint density at radius 2 is 1.81 bits per heavy atom. The number of piperazine rings is 1. The van der Waals surface area contributed by atoms with Crippen molar-refractivity contribution < 1.29 is 17.2 Å². The van der Waals surface area contributed by atoms with Crippen molar-refractivity contribution >= 4 is 15.5 Å². The quantitative estimate of drug-likeness (QED) is 0.451. The summed E-state index contributed by atoms with van der Waals surface area (Å²) in [6, 6.07) is 10.1. The van der Waals surface area contributed by atoms with Crippen LogP contribution in [0.2, 0.25) is 0 Å². The van der Waals surface area contributed by atoms with Crippen LogP contribution < -0.4 is 4.90 Å². The first-order valence-corrected chi connectivity index (χ1v) is 14.1. The van der Waals surface area contributed by atoms with Crippen LogP contribution in [0.1, 0.15) is 32.3 Å². The Kier molecular flexibility index (Phi) is 6.82. The molecule has 2 aliphatic rings. The fraction of sp³-hybridized carbons (Fsp3) is 0.462. The van der Waals surface area contributed by atoms with Gasteiger partial charge < -0.3 is 4.90 Å². The SMILES string of the molecule is CC(C)S(=O)(=O)Cc1ccc(F)c(-n2cc(-c3cccc(N4CCN(CC5CC5)CC4)c3)nn2)c1F. The summed E-state index contributed by atoms with van der Waals surface area (Å²) in [7, 11) is -3.56. The van der Waals surface area contributed by atoms with E-state index in [-0.39, 0.29) is 5.56 Å². The first kappa shape index (κ1) is 24.8. The van der Waals surface area contributed by atoms with Gasteiger partial charge in [-0.3, -0.25) is 4.90 Å². The number of benzene rings is 2. The summed E-state index contributed by atoms with van der Waals surface area (Å²) in [6.07, 6.45) is 4.19. The molecule has 0 N–H and O–H groups in total. The van der Waals surface area contributed by atoms with Gasteiger partial charge in [0.1, 0.15) is 11.4 Å². The van der Waals surface area contributed by atoms with E-state index in [9.17, 15) is 12.8 Å². The van der Waals surface area contributed by atoms with Crippen LogP contribution in [0.25, 0.3) is 16.9 Å². The van der Waals surface area contributed by atoms with Crippen molar-refractivity contribution in [2.24, 2.45) is 5.92 Å². The zero-order chi connectivity index (χ0) is 25.4. The van der Waals surface area contributed by atoms with Gasteiger partial charge in [0, 0.05) is 49.5 Å². The van der Waals surface area contributed by atoms with Gasteiger partial charge in [0.25, 0.3) is 0 Å². The largest absolute Gasteiger partial charge is 0.369 e. The highest BCUT2D eigenvalue weighted by atomic mass is 32.2. The normalized spacial score (nSPS) is 17.2. The summed E-state index contributed by atoms with van der Waals surface area (Å²) in [5.41, 5.74) is 1.81. The molecule has 10 heteroatoms. The van der Waals surface area contributed by atoms with E-state index in [0.29, 0.717) is 5.69 Å². The number of rotatable bonds is 8. The zero-order valence-electron chi connectivity index (χ0n) is 20.6. The molecule has 0 amide bonds. The van der Waals surface area contributed by atoms with Gasteiger partial charge >= 0.3 is 0 Å². The van der Waals surface area contributed by atoms with E-state index < -0.39 is 38.2 Å². The minimum atomic E-state index is -3.56. The molecule has 0 atom stereocenters. The maximum absolute atomic E-state index is 15.2. The van der Waals surface area contributed by atoms with Crippen molar-refractivity contribution in [3.05, 3.63) is 59.8 Å². The topological polar surface area (TPSA) is 71.3 Å². The standard InChI is InChI=1S/C26H31F2N5O2S/c1-18(2)36(34,35)17-21-8-9-23(27)26(25(21)28)33-16-24(29-30-33)20-4-3-5-22(14-20)32-12-10-31(11-13-32)15-19-6-7-19/h3-5,8-9,14,16,18-19H,6-7,10-13,15,17H2,1-2H3. The van der Waals surface area contributed by atoms with Crippen molar-refractivity contribution in [1.29, 1.82) is 0 Å². The Bertz CT molecular complexity index is 1350. The third kappa shape index (κ3) is 5.29. The summed E-state index contributed by atoms with van der Waals surface area (Å²) in [4.78, 5) is 4.88. The molecule has 36 heavy (non-hydrogen) atoms. The zero-order valence-corrected chi connectivity index (χ0v) is 21.4. The van der Waals surface area contributed by atoms with Crippen molar-refractivity contribution in [2.75, 3.05) is 37.6 Å². The average molecular weight is 516 g/mol.